The lowest BCUT2D eigenvalue weighted by Crippen LogP contribution is -2.48. The Morgan fingerprint density at radius 1 is 1.09 bits per heavy atom. The first kappa shape index (κ1) is 30.3. The molecule has 0 radical (unpaired) electrons. The van der Waals surface area contributed by atoms with Gasteiger partial charge in [0, 0.05) is 68.7 Å². The first-order valence-electron chi connectivity index (χ1n) is 15.3. The van der Waals surface area contributed by atoms with E-state index in [1.165, 1.54) is 6.20 Å². The molecule has 0 atom stereocenters. The van der Waals surface area contributed by atoms with Gasteiger partial charge < -0.3 is 23.8 Å². The average Bonchev–Trinajstić information content (AvgIpc) is 3.43. The van der Waals surface area contributed by atoms with E-state index in [9.17, 15) is 23.2 Å². The largest absolute Gasteiger partial charge is 0.477 e. The lowest BCUT2D eigenvalue weighted by Gasteiger charge is -2.40. The highest BCUT2D eigenvalue weighted by molar-refractivity contribution is 5.91. The van der Waals surface area contributed by atoms with E-state index < -0.39 is 17.6 Å². The molecule has 13 heteroatoms. The van der Waals surface area contributed by atoms with Crippen molar-refractivity contribution in [3.63, 3.8) is 0 Å². The lowest BCUT2D eigenvalue weighted by atomic mass is 9.91. The molecule has 3 saturated heterocycles. The van der Waals surface area contributed by atoms with Crippen molar-refractivity contribution in [2.24, 2.45) is 18.9 Å². The van der Waals surface area contributed by atoms with Crippen LogP contribution < -0.4 is 4.74 Å². The number of hydrogen-bond donors (Lipinski definition) is 0. The molecule has 0 aliphatic carbocycles. The van der Waals surface area contributed by atoms with Gasteiger partial charge in [-0.05, 0) is 69.7 Å². The third-order valence-corrected chi connectivity index (χ3v) is 9.22. The molecule has 0 spiro atoms. The van der Waals surface area contributed by atoms with Crippen molar-refractivity contribution in [2.45, 2.75) is 50.7 Å². The number of fused-ring (bicyclic) bond motifs is 1. The molecule has 0 aromatic carbocycles. The summed E-state index contributed by atoms with van der Waals surface area (Å²) in [6.45, 7) is 4.73. The van der Waals surface area contributed by atoms with Crippen molar-refractivity contribution in [1.82, 2.24) is 29.3 Å². The van der Waals surface area contributed by atoms with Crippen LogP contribution in [0.2, 0.25) is 0 Å². The highest BCUT2D eigenvalue weighted by Gasteiger charge is 2.37. The standard InChI is InChI=1S/C31H36F3N7O3/c1-39-9-6-24-27(37-26(17-35)38-28(24)39)22-16-25(31(32,33)34)29(36-18-22)44-19-20-2-10-41(11-3-20)30(42)21-4-12-40(13-5-21)23-7-14-43-15-8-23/h6,9,16,18,20-21,23H,2-5,7-8,10-15,19H2,1H3. The second-order valence-electron chi connectivity index (χ2n) is 12.0. The number of ether oxygens (including phenoxy) is 2. The molecule has 3 fully saturated rings. The fourth-order valence-electron chi connectivity index (χ4n) is 6.64. The van der Waals surface area contributed by atoms with Crippen molar-refractivity contribution >= 4 is 16.9 Å². The van der Waals surface area contributed by atoms with Gasteiger partial charge in [0.25, 0.3) is 0 Å². The molecule has 6 rings (SSSR count). The average molecular weight is 612 g/mol. The Kier molecular flexibility index (Phi) is 8.73. The third kappa shape index (κ3) is 6.37. The number of piperidine rings is 2. The summed E-state index contributed by atoms with van der Waals surface area (Å²) in [5, 5.41) is 9.87. The number of amides is 1. The number of rotatable bonds is 6. The van der Waals surface area contributed by atoms with Gasteiger partial charge in [0.15, 0.2) is 0 Å². The summed E-state index contributed by atoms with van der Waals surface area (Å²) in [5.74, 6) is -0.388. The maximum absolute atomic E-state index is 14.2. The molecule has 0 unspecified atom stereocenters. The van der Waals surface area contributed by atoms with Gasteiger partial charge in [0.2, 0.25) is 17.6 Å². The van der Waals surface area contributed by atoms with Gasteiger partial charge in [0.1, 0.15) is 17.3 Å². The Balaban J connectivity index is 1.06. The normalized spacial score (nSPS) is 19.8. The fraction of sp³-hybridized carbons (Fsp3) is 0.581. The SMILES string of the molecule is Cn1ccc2c(-c3cnc(OCC4CCN(C(=O)C5CCN(C6CCOCC6)CC5)CC4)c(C(F)(F)F)c3)nc(C#N)nc21. The van der Waals surface area contributed by atoms with E-state index in [4.69, 9.17) is 9.47 Å². The van der Waals surface area contributed by atoms with E-state index >= 15 is 0 Å². The van der Waals surface area contributed by atoms with Crippen LogP contribution >= 0.6 is 0 Å². The minimum Gasteiger partial charge on any atom is -0.477 e. The number of pyridine rings is 1. The molecular formula is C31H36F3N7O3. The topological polar surface area (TPSA) is 109 Å². The molecule has 0 N–H and O–H groups in total. The number of carbonyl (C=O) groups is 1. The van der Waals surface area contributed by atoms with Gasteiger partial charge in [0.05, 0.1) is 12.3 Å². The molecule has 3 aromatic rings. The smallest absolute Gasteiger partial charge is 0.421 e. The van der Waals surface area contributed by atoms with E-state index in [-0.39, 0.29) is 41.4 Å². The van der Waals surface area contributed by atoms with Crippen molar-refractivity contribution in [2.75, 3.05) is 46.0 Å². The zero-order chi connectivity index (χ0) is 30.8. The predicted molar refractivity (Wildman–Crippen MR) is 154 cm³/mol. The van der Waals surface area contributed by atoms with E-state index in [2.05, 4.69) is 19.9 Å². The number of aromatic nitrogens is 4. The second-order valence-corrected chi connectivity index (χ2v) is 12.0. The number of likely N-dealkylation sites (tertiary alicyclic amines) is 2. The Labute approximate surface area is 253 Å². The second kappa shape index (κ2) is 12.7. The van der Waals surface area contributed by atoms with E-state index in [1.807, 2.05) is 11.0 Å². The summed E-state index contributed by atoms with van der Waals surface area (Å²) in [5.41, 5.74) is -0.255. The summed E-state index contributed by atoms with van der Waals surface area (Å²) in [6.07, 6.45) is 3.45. The van der Waals surface area contributed by atoms with Crippen LogP contribution in [0.1, 0.15) is 49.9 Å². The minimum atomic E-state index is -4.71. The lowest BCUT2D eigenvalue weighted by molar-refractivity contribution is -0.140. The molecule has 10 nitrogen and oxygen atoms in total. The minimum absolute atomic E-state index is 0.0148. The maximum Gasteiger partial charge on any atom is 0.421 e. The zero-order valence-electron chi connectivity index (χ0n) is 24.7. The molecule has 1 amide bonds. The highest BCUT2D eigenvalue weighted by atomic mass is 19.4. The molecule has 0 saturated carbocycles. The molecule has 0 bridgehead atoms. The van der Waals surface area contributed by atoms with Crippen molar-refractivity contribution in [1.29, 1.82) is 5.26 Å². The van der Waals surface area contributed by atoms with Gasteiger partial charge in [-0.3, -0.25) is 4.79 Å². The summed E-state index contributed by atoms with van der Waals surface area (Å²) < 4.78 is 55.3. The number of alkyl halides is 3. The van der Waals surface area contributed by atoms with Crippen LogP contribution in [-0.2, 0) is 22.8 Å². The Morgan fingerprint density at radius 2 is 1.82 bits per heavy atom. The van der Waals surface area contributed by atoms with Crippen LogP contribution in [0, 0.1) is 23.2 Å². The first-order valence-corrected chi connectivity index (χ1v) is 15.3. The number of aryl methyl sites for hydroxylation is 1. The van der Waals surface area contributed by atoms with Gasteiger partial charge in [-0.15, -0.1) is 0 Å². The van der Waals surface area contributed by atoms with E-state index in [0.29, 0.717) is 43.0 Å². The number of halogens is 3. The van der Waals surface area contributed by atoms with E-state index in [0.717, 1.165) is 58.1 Å². The molecule has 3 aliphatic rings. The maximum atomic E-state index is 14.2. The highest BCUT2D eigenvalue weighted by Crippen LogP contribution is 2.39. The zero-order valence-corrected chi connectivity index (χ0v) is 24.7. The number of carbonyl (C=O) groups excluding carboxylic acids is 1. The molecule has 234 valence electrons. The van der Waals surface area contributed by atoms with Gasteiger partial charge >= 0.3 is 6.18 Å². The Bertz CT molecular complexity index is 1530. The third-order valence-electron chi connectivity index (χ3n) is 9.22. The number of hydrogen-bond acceptors (Lipinski definition) is 8. The van der Waals surface area contributed by atoms with Crippen molar-refractivity contribution in [3.8, 4) is 23.2 Å². The Morgan fingerprint density at radius 3 is 2.50 bits per heavy atom. The Hall–Kier alpha value is -3.76. The van der Waals surface area contributed by atoms with Crippen LogP contribution in [0.4, 0.5) is 13.2 Å². The first-order chi connectivity index (χ1) is 21.2. The van der Waals surface area contributed by atoms with E-state index in [1.54, 1.807) is 23.9 Å². The number of nitriles is 1. The summed E-state index contributed by atoms with van der Waals surface area (Å²) in [6, 6.07) is 5.08. The molecule has 6 heterocycles. The van der Waals surface area contributed by atoms with Gasteiger partial charge in [-0.1, -0.05) is 0 Å². The van der Waals surface area contributed by atoms with Crippen LogP contribution in [-0.4, -0.2) is 87.3 Å². The summed E-state index contributed by atoms with van der Waals surface area (Å²) >= 11 is 0. The van der Waals surface area contributed by atoms with Crippen molar-refractivity contribution in [3.05, 3.63) is 35.9 Å². The molecule has 44 heavy (non-hydrogen) atoms. The fourth-order valence-corrected chi connectivity index (χ4v) is 6.64. The number of nitrogens with zero attached hydrogens (tertiary/aromatic N) is 7. The molecule has 3 aliphatic heterocycles. The van der Waals surface area contributed by atoms with Crippen LogP contribution in [0.3, 0.4) is 0 Å². The monoisotopic (exact) mass is 611 g/mol. The van der Waals surface area contributed by atoms with Crippen LogP contribution in [0.25, 0.3) is 22.3 Å². The van der Waals surface area contributed by atoms with Crippen molar-refractivity contribution < 1.29 is 27.4 Å². The van der Waals surface area contributed by atoms with Crippen LogP contribution in [0.15, 0.2) is 24.5 Å². The molecular weight excluding hydrogens is 575 g/mol. The summed E-state index contributed by atoms with van der Waals surface area (Å²) in [4.78, 5) is 30.1. The van der Waals surface area contributed by atoms with Gasteiger partial charge in [-0.2, -0.15) is 18.4 Å². The molecule has 3 aromatic heterocycles. The predicted octanol–water partition coefficient (Wildman–Crippen LogP) is 4.43. The quantitative estimate of drug-likeness (QED) is 0.403. The summed E-state index contributed by atoms with van der Waals surface area (Å²) in [7, 11) is 1.73. The van der Waals surface area contributed by atoms with Gasteiger partial charge in [-0.25, -0.2) is 15.0 Å². The van der Waals surface area contributed by atoms with Crippen LogP contribution in [0.5, 0.6) is 5.88 Å².